The maximum absolute atomic E-state index is 14.1. The molecule has 0 bridgehead atoms. The number of carbonyl (C=O) groups is 1. The molecule has 5 rings (SSSR count). The van der Waals surface area contributed by atoms with E-state index in [4.69, 9.17) is 16.3 Å². The summed E-state index contributed by atoms with van der Waals surface area (Å²) in [7, 11) is 4.41. The average Bonchev–Trinajstić information content (AvgIpc) is 3.39. The van der Waals surface area contributed by atoms with E-state index in [9.17, 15) is 27.6 Å². The van der Waals surface area contributed by atoms with Crippen LogP contribution in [0.2, 0.25) is 5.02 Å². The summed E-state index contributed by atoms with van der Waals surface area (Å²) in [6.45, 7) is -0.760. The van der Waals surface area contributed by atoms with Crippen LogP contribution in [0.4, 0.5) is 13.2 Å². The third-order valence-corrected chi connectivity index (χ3v) is 6.94. The van der Waals surface area contributed by atoms with Crippen LogP contribution in [0.25, 0.3) is 22.0 Å². The van der Waals surface area contributed by atoms with Crippen molar-refractivity contribution in [3.05, 3.63) is 109 Å². The molecule has 0 atom stereocenters. The second-order valence-electron chi connectivity index (χ2n) is 9.31. The number of nitrogens with zero attached hydrogens (tertiary/aromatic N) is 5. The van der Waals surface area contributed by atoms with Crippen molar-refractivity contribution in [1.29, 1.82) is 0 Å². The predicted molar refractivity (Wildman–Crippen MR) is 148 cm³/mol. The third kappa shape index (κ3) is 5.14. The van der Waals surface area contributed by atoms with E-state index < -0.39 is 35.2 Å². The number of halogens is 4. The number of aryl methyl sites for hydroxylation is 1. The van der Waals surface area contributed by atoms with E-state index >= 15 is 0 Å². The van der Waals surface area contributed by atoms with Crippen LogP contribution in [-0.4, -0.2) is 44.0 Å². The number of ether oxygens (including phenoxy) is 1. The summed E-state index contributed by atoms with van der Waals surface area (Å²) >= 11 is 6.48. The molecule has 2 aromatic heterocycles. The van der Waals surface area contributed by atoms with Crippen molar-refractivity contribution in [3.63, 3.8) is 0 Å². The van der Waals surface area contributed by atoms with Crippen molar-refractivity contribution >= 4 is 28.4 Å². The highest BCUT2D eigenvalue weighted by Crippen LogP contribution is 2.35. The molecule has 216 valence electrons. The summed E-state index contributed by atoms with van der Waals surface area (Å²) in [4.78, 5) is 44.0. The summed E-state index contributed by atoms with van der Waals surface area (Å²) < 4.78 is 50.9. The maximum atomic E-state index is 14.1. The fraction of sp³-hybridized carbons (Fsp3) is 0.179. The van der Waals surface area contributed by atoms with Crippen molar-refractivity contribution in [3.8, 4) is 16.9 Å². The Labute approximate surface area is 240 Å². The summed E-state index contributed by atoms with van der Waals surface area (Å²) in [5, 5.41) is 6.89. The van der Waals surface area contributed by atoms with Crippen LogP contribution in [0.1, 0.15) is 21.7 Å². The second kappa shape index (κ2) is 11.2. The molecule has 14 heteroatoms. The fourth-order valence-corrected chi connectivity index (χ4v) is 4.85. The highest BCUT2D eigenvalue weighted by Gasteiger charge is 2.22. The van der Waals surface area contributed by atoms with Gasteiger partial charge >= 0.3 is 5.69 Å². The summed E-state index contributed by atoms with van der Waals surface area (Å²) in [5.74, 6) is -4.69. The molecule has 0 radical (unpaired) electrons. The number of aromatic nitrogens is 5. The number of carbonyl (C=O) groups excluding carboxylic acids is 1. The lowest BCUT2D eigenvalue weighted by Crippen LogP contribution is -2.41. The zero-order valence-corrected chi connectivity index (χ0v) is 23.2. The van der Waals surface area contributed by atoms with Gasteiger partial charge in [-0.25, -0.2) is 22.9 Å². The summed E-state index contributed by atoms with van der Waals surface area (Å²) in [5.41, 5.74) is -0.570. The molecular formula is C28H22ClF3N6O4. The van der Waals surface area contributed by atoms with Gasteiger partial charge in [-0.05, 0) is 53.6 Å². The molecule has 5 aromatic rings. The quantitative estimate of drug-likeness (QED) is 0.287. The van der Waals surface area contributed by atoms with E-state index in [1.807, 2.05) is 0 Å². The Morgan fingerprint density at radius 1 is 1.02 bits per heavy atom. The molecule has 10 nitrogen and oxygen atoms in total. The lowest BCUT2D eigenvalue weighted by molar-refractivity contribution is 0.0963. The van der Waals surface area contributed by atoms with Crippen LogP contribution >= 0.6 is 11.6 Å². The van der Waals surface area contributed by atoms with Crippen LogP contribution < -0.4 is 21.3 Å². The molecule has 0 saturated carbocycles. The minimum absolute atomic E-state index is 0.0292. The number of benzene rings is 3. The molecule has 2 heterocycles. The van der Waals surface area contributed by atoms with Gasteiger partial charge in [-0.3, -0.25) is 23.4 Å². The number of rotatable bonds is 7. The molecule has 0 aliphatic rings. The highest BCUT2D eigenvalue weighted by atomic mass is 35.5. The van der Waals surface area contributed by atoms with Crippen molar-refractivity contribution < 1.29 is 22.7 Å². The van der Waals surface area contributed by atoms with Gasteiger partial charge in [0.1, 0.15) is 17.5 Å². The van der Waals surface area contributed by atoms with Gasteiger partial charge in [-0.2, -0.15) is 5.10 Å². The lowest BCUT2D eigenvalue weighted by Gasteiger charge is -2.18. The largest absolute Gasteiger partial charge is 0.496 e. The van der Waals surface area contributed by atoms with Gasteiger partial charge in [0.25, 0.3) is 11.5 Å². The highest BCUT2D eigenvalue weighted by molar-refractivity contribution is 6.33. The molecular weight excluding hydrogens is 577 g/mol. The van der Waals surface area contributed by atoms with Crippen molar-refractivity contribution in [2.24, 2.45) is 7.05 Å². The van der Waals surface area contributed by atoms with Crippen molar-refractivity contribution in [2.75, 3.05) is 14.2 Å². The molecule has 1 amide bonds. The molecule has 0 fully saturated rings. The first-order valence-corrected chi connectivity index (χ1v) is 12.8. The lowest BCUT2D eigenvalue weighted by atomic mass is 10.00. The Hall–Kier alpha value is -4.91. The van der Waals surface area contributed by atoms with Gasteiger partial charge in [-0.15, -0.1) is 0 Å². The summed E-state index contributed by atoms with van der Waals surface area (Å²) in [6, 6.07) is 9.11. The van der Waals surface area contributed by atoms with E-state index in [0.29, 0.717) is 16.7 Å². The van der Waals surface area contributed by atoms with E-state index in [0.717, 1.165) is 21.3 Å². The SMILES string of the molecule is CNC(=O)c1ccc(Cl)c(-c2cc(OC)c3c(=O)n(Cc4ncn(C)n4)c(=O)n(Cc4cc(F)c(F)c(F)c4)c3c2)c1. The predicted octanol–water partition coefficient (Wildman–Crippen LogP) is 3.49. The standard InChI is InChI=1S/C28H22ClF3N6O4/c1-33-26(39)15-4-5-18(29)17(8-15)16-9-21-24(22(10-16)42-3)27(40)38(12-23-34-13-36(2)35-23)28(41)37(21)11-14-6-19(30)25(32)20(31)7-14/h4-10,13H,11-12H2,1-3H3,(H,33,39). The first-order chi connectivity index (χ1) is 20.0. The number of methoxy groups -OCH3 is 1. The number of fused-ring (bicyclic) bond motifs is 1. The van der Waals surface area contributed by atoms with E-state index in [1.165, 1.54) is 55.5 Å². The fourth-order valence-electron chi connectivity index (χ4n) is 4.62. The zero-order valence-electron chi connectivity index (χ0n) is 22.4. The Kier molecular flexibility index (Phi) is 7.61. The van der Waals surface area contributed by atoms with Gasteiger partial charge in [0.15, 0.2) is 23.3 Å². The van der Waals surface area contributed by atoms with E-state index in [2.05, 4.69) is 15.4 Å². The Morgan fingerprint density at radius 2 is 1.74 bits per heavy atom. The third-order valence-electron chi connectivity index (χ3n) is 6.61. The van der Waals surface area contributed by atoms with Gasteiger partial charge in [0.2, 0.25) is 0 Å². The van der Waals surface area contributed by atoms with Crippen LogP contribution in [0, 0.1) is 17.5 Å². The topological polar surface area (TPSA) is 113 Å². The molecule has 42 heavy (non-hydrogen) atoms. The van der Waals surface area contributed by atoms with Crippen molar-refractivity contribution in [2.45, 2.75) is 13.1 Å². The minimum atomic E-state index is -1.66. The first-order valence-electron chi connectivity index (χ1n) is 12.4. The van der Waals surface area contributed by atoms with Gasteiger partial charge in [-0.1, -0.05) is 11.6 Å². The maximum Gasteiger partial charge on any atom is 0.332 e. The minimum Gasteiger partial charge on any atom is -0.496 e. The second-order valence-corrected chi connectivity index (χ2v) is 9.72. The molecule has 0 aliphatic carbocycles. The Balaban J connectivity index is 1.82. The molecule has 0 aliphatic heterocycles. The molecule has 3 aromatic carbocycles. The van der Waals surface area contributed by atoms with Gasteiger partial charge in [0, 0.05) is 30.2 Å². The Bertz CT molecular complexity index is 1980. The van der Waals surface area contributed by atoms with Crippen LogP contribution in [0.3, 0.4) is 0 Å². The first kappa shape index (κ1) is 28.6. The normalized spacial score (nSPS) is 11.2. The monoisotopic (exact) mass is 598 g/mol. The van der Waals surface area contributed by atoms with E-state index in [1.54, 1.807) is 7.05 Å². The molecule has 0 unspecified atom stereocenters. The summed E-state index contributed by atoms with van der Waals surface area (Å²) in [6.07, 6.45) is 1.40. The molecule has 0 spiro atoms. The zero-order chi connectivity index (χ0) is 30.3. The van der Waals surface area contributed by atoms with Crippen LogP contribution in [-0.2, 0) is 20.1 Å². The van der Waals surface area contributed by atoms with Gasteiger partial charge < -0.3 is 10.1 Å². The number of hydrogen-bond acceptors (Lipinski definition) is 6. The number of amides is 1. The smallest absolute Gasteiger partial charge is 0.332 e. The molecule has 1 N–H and O–H groups in total. The van der Waals surface area contributed by atoms with Crippen molar-refractivity contribution in [1.82, 2.24) is 29.2 Å². The number of hydrogen-bond donors (Lipinski definition) is 1. The molecule has 0 saturated heterocycles. The van der Waals surface area contributed by atoms with Gasteiger partial charge in [0.05, 0.1) is 25.7 Å². The van der Waals surface area contributed by atoms with Crippen LogP contribution in [0.15, 0.2) is 58.4 Å². The number of nitrogens with one attached hydrogen (secondary N) is 1. The van der Waals surface area contributed by atoms with Crippen LogP contribution in [0.5, 0.6) is 5.75 Å². The Morgan fingerprint density at radius 3 is 2.36 bits per heavy atom. The van der Waals surface area contributed by atoms with E-state index in [-0.39, 0.29) is 45.5 Å². The average molecular weight is 599 g/mol.